The summed E-state index contributed by atoms with van der Waals surface area (Å²) in [6.07, 6.45) is 3.51. The number of rotatable bonds is 1. The summed E-state index contributed by atoms with van der Waals surface area (Å²) >= 11 is 0. The molecule has 3 atom stereocenters. The van der Waals surface area contributed by atoms with Gasteiger partial charge in [0.1, 0.15) is 0 Å². The number of hydrogen-bond acceptors (Lipinski definition) is 1. The molecule has 19 heavy (non-hydrogen) atoms. The first-order valence-electron chi connectivity index (χ1n) is 7.67. The maximum absolute atomic E-state index is 9.68. The molecule has 0 aromatic carbocycles. The van der Waals surface area contributed by atoms with Crippen LogP contribution in [0.3, 0.4) is 0 Å². The topological polar surface area (TPSA) is 20.2 Å². The maximum Gasteiger partial charge on any atom is 0.0465 e. The molecule has 0 aliphatic heterocycles. The van der Waals surface area contributed by atoms with E-state index in [1.807, 2.05) is 0 Å². The van der Waals surface area contributed by atoms with Crippen LogP contribution in [0.5, 0.6) is 0 Å². The van der Waals surface area contributed by atoms with Gasteiger partial charge < -0.3 is 5.11 Å². The lowest BCUT2D eigenvalue weighted by Crippen LogP contribution is -2.40. The molecule has 108 valence electrons. The first-order valence-corrected chi connectivity index (χ1v) is 7.67. The van der Waals surface area contributed by atoms with Crippen molar-refractivity contribution in [3.05, 3.63) is 22.8 Å². The molecule has 1 nitrogen and oxygen atoms in total. The van der Waals surface area contributed by atoms with E-state index >= 15 is 0 Å². The highest BCUT2D eigenvalue weighted by molar-refractivity contribution is 5.44. The van der Waals surface area contributed by atoms with Gasteiger partial charge in [-0.05, 0) is 31.1 Å². The van der Waals surface area contributed by atoms with Gasteiger partial charge >= 0.3 is 0 Å². The van der Waals surface area contributed by atoms with E-state index in [4.69, 9.17) is 0 Å². The fourth-order valence-corrected chi connectivity index (χ4v) is 4.31. The SMILES string of the molecule is CC1=CC(C)(C)C2=C(C(C)C(C)C(CO)C2)C1(C)C. The Labute approximate surface area is 118 Å². The fourth-order valence-electron chi connectivity index (χ4n) is 4.31. The van der Waals surface area contributed by atoms with Crippen LogP contribution in [0.2, 0.25) is 0 Å². The van der Waals surface area contributed by atoms with E-state index in [2.05, 4.69) is 54.5 Å². The van der Waals surface area contributed by atoms with Crippen LogP contribution in [-0.2, 0) is 0 Å². The second-order valence-corrected chi connectivity index (χ2v) is 7.86. The van der Waals surface area contributed by atoms with E-state index < -0.39 is 0 Å². The molecule has 0 heterocycles. The van der Waals surface area contributed by atoms with Crippen LogP contribution in [0, 0.1) is 28.6 Å². The van der Waals surface area contributed by atoms with Crippen LogP contribution in [0.4, 0.5) is 0 Å². The Hall–Kier alpha value is -0.560. The molecular formula is C18H30O. The van der Waals surface area contributed by atoms with Crippen molar-refractivity contribution >= 4 is 0 Å². The Morgan fingerprint density at radius 2 is 1.79 bits per heavy atom. The van der Waals surface area contributed by atoms with Gasteiger partial charge in [-0.2, -0.15) is 0 Å². The summed E-state index contributed by atoms with van der Waals surface area (Å²) in [5.41, 5.74) is 5.07. The van der Waals surface area contributed by atoms with Crippen LogP contribution in [0.1, 0.15) is 54.9 Å². The molecular weight excluding hydrogens is 232 g/mol. The van der Waals surface area contributed by atoms with E-state index in [1.54, 1.807) is 11.1 Å². The van der Waals surface area contributed by atoms with Crippen molar-refractivity contribution < 1.29 is 5.11 Å². The lowest BCUT2D eigenvalue weighted by molar-refractivity contribution is 0.132. The van der Waals surface area contributed by atoms with Gasteiger partial charge in [0.15, 0.2) is 0 Å². The maximum atomic E-state index is 9.68. The van der Waals surface area contributed by atoms with Crippen LogP contribution >= 0.6 is 0 Å². The van der Waals surface area contributed by atoms with E-state index in [-0.39, 0.29) is 10.8 Å². The van der Waals surface area contributed by atoms with Gasteiger partial charge in [-0.3, -0.25) is 0 Å². The highest BCUT2D eigenvalue weighted by atomic mass is 16.3. The molecule has 0 aromatic heterocycles. The summed E-state index contributed by atoms with van der Waals surface area (Å²) in [7, 11) is 0. The van der Waals surface area contributed by atoms with Gasteiger partial charge in [0.2, 0.25) is 0 Å². The number of aliphatic hydroxyl groups is 1. The van der Waals surface area contributed by atoms with Crippen LogP contribution in [-0.4, -0.2) is 11.7 Å². The highest BCUT2D eigenvalue weighted by Crippen LogP contribution is 2.56. The van der Waals surface area contributed by atoms with Gasteiger partial charge in [0.05, 0.1) is 0 Å². The predicted octanol–water partition coefficient (Wildman–Crippen LogP) is 4.58. The molecule has 2 aliphatic rings. The average molecular weight is 262 g/mol. The minimum atomic E-state index is 0.150. The molecule has 0 aromatic rings. The first-order chi connectivity index (χ1) is 8.63. The Morgan fingerprint density at radius 3 is 2.32 bits per heavy atom. The zero-order valence-electron chi connectivity index (χ0n) is 13.7. The van der Waals surface area contributed by atoms with Crippen LogP contribution < -0.4 is 0 Å². The third kappa shape index (κ3) is 2.11. The minimum Gasteiger partial charge on any atom is -0.396 e. The minimum absolute atomic E-state index is 0.150. The molecule has 0 radical (unpaired) electrons. The van der Waals surface area contributed by atoms with Crippen molar-refractivity contribution in [1.29, 1.82) is 0 Å². The lowest BCUT2D eigenvalue weighted by atomic mass is 9.54. The van der Waals surface area contributed by atoms with Gasteiger partial charge in [-0.1, -0.05) is 64.3 Å². The van der Waals surface area contributed by atoms with Crippen molar-refractivity contribution in [2.75, 3.05) is 6.61 Å². The molecule has 0 fully saturated rings. The zero-order valence-corrected chi connectivity index (χ0v) is 13.7. The standard InChI is InChI=1S/C18H30O/c1-11-9-17(4,5)15-8-14(10-19)12(2)13(3)16(15)18(11,6)7/h9,12-14,19H,8,10H2,1-7H3. The number of hydrogen-bond donors (Lipinski definition) is 1. The molecule has 0 saturated heterocycles. The first kappa shape index (κ1) is 14.8. The van der Waals surface area contributed by atoms with E-state index in [0.29, 0.717) is 24.4 Å². The van der Waals surface area contributed by atoms with Crippen molar-refractivity contribution in [2.45, 2.75) is 54.9 Å². The van der Waals surface area contributed by atoms with Crippen molar-refractivity contribution in [1.82, 2.24) is 0 Å². The number of allylic oxidation sites excluding steroid dienone is 4. The van der Waals surface area contributed by atoms with Gasteiger partial charge in [0, 0.05) is 17.4 Å². The second-order valence-electron chi connectivity index (χ2n) is 7.86. The Morgan fingerprint density at radius 1 is 1.21 bits per heavy atom. The van der Waals surface area contributed by atoms with Crippen LogP contribution in [0.15, 0.2) is 22.8 Å². The Balaban J connectivity index is 2.59. The summed E-state index contributed by atoms with van der Waals surface area (Å²) in [5.74, 6) is 1.57. The highest BCUT2D eigenvalue weighted by Gasteiger charge is 2.45. The fraction of sp³-hybridized carbons (Fsp3) is 0.778. The summed E-state index contributed by atoms with van der Waals surface area (Å²) < 4.78 is 0. The quantitative estimate of drug-likeness (QED) is 0.686. The van der Waals surface area contributed by atoms with E-state index in [1.165, 1.54) is 5.57 Å². The summed E-state index contributed by atoms with van der Waals surface area (Å²) in [5, 5.41) is 9.68. The molecule has 2 aliphatic carbocycles. The smallest absolute Gasteiger partial charge is 0.0465 e. The second kappa shape index (κ2) is 4.48. The van der Waals surface area contributed by atoms with Gasteiger partial charge in [-0.25, -0.2) is 0 Å². The normalized spacial score (nSPS) is 36.8. The lowest BCUT2D eigenvalue weighted by Gasteiger charge is -2.51. The molecule has 0 saturated carbocycles. The van der Waals surface area contributed by atoms with E-state index in [0.717, 1.165) is 6.42 Å². The molecule has 0 amide bonds. The summed E-state index contributed by atoms with van der Waals surface area (Å²) in [6, 6.07) is 0. The molecule has 0 spiro atoms. The molecule has 0 bridgehead atoms. The molecule has 1 N–H and O–H groups in total. The summed E-state index contributed by atoms with van der Waals surface area (Å²) in [4.78, 5) is 0. The number of aliphatic hydroxyl groups excluding tert-OH is 1. The van der Waals surface area contributed by atoms with Crippen molar-refractivity contribution in [3.8, 4) is 0 Å². The third-order valence-electron chi connectivity index (χ3n) is 6.03. The van der Waals surface area contributed by atoms with E-state index in [9.17, 15) is 5.11 Å². The van der Waals surface area contributed by atoms with Gasteiger partial charge in [-0.15, -0.1) is 0 Å². The van der Waals surface area contributed by atoms with Crippen molar-refractivity contribution in [3.63, 3.8) is 0 Å². The Bertz CT molecular complexity index is 437. The van der Waals surface area contributed by atoms with Crippen LogP contribution in [0.25, 0.3) is 0 Å². The average Bonchev–Trinajstić information content (AvgIpc) is 2.29. The third-order valence-corrected chi connectivity index (χ3v) is 6.03. The molecule has 2 rings (SSSR count). The molecule has 3 unspecified atom stereocenters. The summed E-state index contributed by atoms with van der Waals surface area (Å²) in [6.45, 7) is 16.7. The Kier molecular flexibility index (Phi) is 3.50. The largest absolute Gasteiger partial charge is 0.396 e. The molecule has 1 heteroatoms. The van der Waals surface area contributed by atoms with Crippen molar-refractivity contribution in [2.24, 2.45) is 28.6 Å². The zero-order chi connectivity index (χ0) is 14.6. The van der Waals surface area contributed by atoms with Gasteiger partial charge in [0.25, 0.3) is 0 Å². The monoisotopic (exact) mass is 262 g/mol. The predicted molar refractivity (Wildman–Crippen MR) is 81.9 cm³/mol.